The van der Waals surface area contributed by atoms with Gasteiger partial charge in [0.25, 0.3) is 0 Å². The van der Waals surface area contributed by atoms with E-state index in [0.717, 1.165) is 5.01 Å². The number of nitrogens with one attached hydrogen (secondary N) is 1. The van der Waals surface area contributed by atoms with Gasteiger partial charge in [-0.15, -0.1) is 0 Å². The fraction of sp³-hybridized carbons (Fsp3) is 0.571. The van der Waals surface area contributed by atoms with Gasteiger partial charge in [0.15, 0.2) is 0 Å². The van der Waals surface area contributed by atoms with Crippen LogP contribution in [0.4, 0.5) is 4.79 Å². The van der Waals surface area contributed by atoms with Crippen LogP contribution in [0.2, 0.25) is 0 Å². The van der Waals surface area contributed by atoms with Crippen molar-refractivity contribution in [2.75, 3.05) is 27.3 Å². The number of hydrazine groups is 1. The third-order valence-corrected chi connectivity index (χ3v) is 1.36. The lowest BCUT2D eigenvalue weighted by Crippen LogP contribution is -2.49. The normalized spacial score (nSPS) is 9.53. The topological polar surface area (TPSA) is 111 Å². The zero-order valence-corrected chi connectivity index (χ0v) is 8.48. The van der Waals surface area contributed by atoms with E-state index < -0.39 is 18.0 Å². The van der Waals surface area contributed by atoms with Gasteiger partial charge in [-0.25, -0.2) is 4.79 Å². The summed E-state index contributed by atoms with van der Waals surface area (Å²) in [6.07, 6.45) is 0. The Kier molecular flexibility index (Phi) is 5.79. The molecule has 0 aliphatic heterocycles. The zero-order chi connectivity index (χ0) is 11.8. The molecule has 3 N–H and O–H groups in total. The third kappa shape index (κ3) is 6.27. The van der Waals surface area contributed by atoms with Gasteiger partial charge in [-0.2, -0.15) is 5.01 Å². The number of ether oxygens (including phenoxy) is 2. The molecule has 0 rings (SSSR count). The van der Waals surface area contributed by atoms with Gasteiger partial charge < -0.3 is 15.2 Å². The van der Waals surface area contributed by atoms with E-state index in [1.165, 1.54) is 14.2 Å². The Balaban J connectivity index is 4.23. The van der Waals surface area contributed by atoms with Crippen molar-refractivity contribution in [1.29, 1.82) is 0 Å². The molecule has 8 nitrogen and oxygen atoms in total. The first-order valence-corrected chi connectivity index (χ1v) is 3.94. The molecule has 86 valence electrons. The van der Waals surface area contributed by atoms with Crippen molar-refractivity contribution in [1.82, 2.24) is 10.4 Å². The van der Waals surface area contributed by atoms with Crippen LogP contribution in [0.5, 0.6) is 0 Å². The molecule has 0 aromatic heterocycles. The number of methoxy groups -OCH3 is 2. The number of nitrogens with two attached hydrogens (primary N) is 1. The van der Waals surface area contributed by atoms with Crippen molar-refractivity contribution in [2.45, 2.75) is 0 Å². The van der Waals surface area contributed by atoms with Crippen LogP contribution in [-0.4, -0.2) is 50.3 Å². The van der Waals surface area contributed by atoms with Crippen molar-refractivity contribution < 1.29 is 23.9 Å². The Bertz CT molecular complexity index is 237. The molecule has 0 aliphatic carbocycles. The minimum atomic E-state index is -0.886. The highest BCUT2D eigenvalue weighted by atomic mass is 16.5. The van der Waals surface area contributed by atoms with Crippen molar-refractivity contribution in [3.8, 4) is 0 Å². The molecule has 15 heavy (non-hydrogen) atoms. The molecule has 0 aromatic rings. The molecule has 0 unspecified atom stereocenters. The highest BCUT2D eigenvalue weighted by Crippen LogP contribution is 1.86. The van der Waals surface area contributed by atoms with E-state index in [4.69, 9.17) is 5.73 Å². The van der Waals surface area contributed by atoms with Gasteiger partial charge in [0, 0.05) is 0 Å². The molecule has 0 radical (unpaired) electrons. The van der Waals surface area contributed by atoms with Gasteiger partial charge in [-0.3, -0.25) is 15.0 Å². The summed E-state index contributed by atoms with van der Waals surface area (Å²) in [5.74, 6) is -1.24. The van der Waals surface area contributed by atoms with Gasteiger partial charge >= 0.3 is 18.0 Å². The molecular formula is C7H13N3O5. The van der Waals surface area contributed by atoms with Crippen molar-refractivity contribution >= 4 is 18.0 Å². The maximum Gasteiger partial charge on any atom is 0.326 e. The highest BCUT2D eigenvalue weighted by molar-refractivity contribution is 5.77. The first-order chi connectivity index (χ1) is 6.99. The van der Waals surface area contributed by atoms with E-state index in [0.29, 0.717) is 0 Å². The number of carbonyl (C=O) groups excluding carboxylic acids is 3. The van der Waals surface area contributed by atoms with Gasteiger partial charge in [0.1, 0.15) is 13.1 Å². The average molecular weight is 219 g/mol. The SMILES string of the molecule is COC(=O)CN(CC(=O)OC)NC(N)=O. The van der Waals surface area contributed by atoms with Gasteiger partial charge in [0.05, 0.1) is 14.2 Å². The summed E-state index contributed by atoms with van der Waals surface area (Å²) in [6, 6.07) is -0.886. The van der Waals surface area contributed by atoms with Crippen molar-refractivity contribution in [3.63, 3.8) is 0 Å². The fourth-order valence-electron chi connectivity index (χ4n) is 0.732. The van der Waals surface area contributed by atoms with Crippen LogP contribution in [0.25, 0.3) is 0 Å². The Hall–Kier alpha value is -1.83. The van der Waals surface area contributed by atoms with E-state index in [1.54, 1.807) is 0 Å². The summed E-state index contributed by atoms with van der Waals surface area (Å²) in [5, 5.41) is 0.986. The second-order valence-corrected chi connectivity index (χ2v) is 2.48. The van der Waals surface area contributed by atoms with Crippen molar-refractivity contribution in [3.05, 3.63) is 0 Å². The standard InChI is InChI=1S/C7H13N3O5/c1-14-5(11)3-10(9-7(8)13)4-6(12)15-2/h3-4H2,1-2H3,(H3,8,9,13). The molecule has 0 aromatic carbocycles. The summed E-state index contributed by atoms with van der Waals surface area (Å²) in [7, 11) is 2.37. The number of hydrogen-bond acceptors (Lipinski definition) is 6. The molecule has 0 atom stereocenters. The molecule has 0 heterocycles. The largest absolute Gasteiger partial charge is 0.468 e. The number of hydrogen-bond donors (Lipinski definition) is 2. The Morgan fingerprint density at radius 2 is 1.53 bits per heavy atom. The van der Waals surface area contributed by atoms with Gasteiger partial charge in [-0.05, 0) is 0 Å². The first-order valence-electron chi connectivity index (χ1n) is 3.94. The van der Waals surface area contributed by atoms with Gasteiger partial charge in [-0.1, -0.05) is 0 Å². The van der Waals surface area contributed by atoms with E-state index in [2.05, 4.69) is 14.9 Å². The predicted octanol–water partition coefficient (Wildman–Crippen LogP) is -1.78. The molecular weight excluding hydrogens is 206 g/mol. The number of amides is 2. The van der Waals surface area contributed by atoms with Crippen molar-refractivity contribution in [2.24, 2.45) is 5.73 Å². The number of esters is 2. The van der Waals surface area contributed by atoms with Crippen LogP contribution in [0, 0.1) is 0 Å². The maximum absolute atomic E-state index is 10.9. The van der Waals surface area contributed by atoms with Crippen LogP contribution in [0.3, 0.4) is 0 Å². The molecule has 0 saturated carbocycles. The average Bonchev–Trinajstić information content (AvgIpc) is 2.16. The second kappa shape index (κ2) is 6.60. The van der Waals surface area contributed by atoms with E-state index >= 15 is 0 Å². The maximum atomic E-state index is 10.9. The summed E-state index contributed by atoms with van der Waals surface area (Å²) in [6.45, 7) is -0.594. The Morgan fingerprint density at radius 1 is 1.13 bits per heavy atom. The van der Waals surface area contributed by atoms with Crippen LogP contribution in [0.15, 0.2) is 0 Å². The lowest BCUT2D eigenvalue weighted by Gasteiger charge is -2.18. The Labute approximate surface area is 86.3 Å². The third-order valence-electron chi connectivity index (χ3n) is 1.36. The summed E-state index contributed by atoms with van der Waals surface area (Å²) >= 11 is 0. The molecule has 0 spiro atoms. The second-order valence-electron chi connectivity index (χ2n) is 2.48. The number of urea groups is 1. The lowest BCUT2D eigenvalue weighted by atomic mass is 10.5. The van der Waals surface area contributed by atoms with Crippen LogP contribution in [-0.2, 0) is 19.1 Å². The smallest absolute Gasteiger partial charge is 0.326 e. The van der Waals surface area contributed by atoms with E-state index in [1.807, 2.05) is 0 Å². The van der Waals surface area contributed by atoms with Crippen LogP contribution in [0.1, 0.15) is 0 Å². The summed E-state index contributed by atoms with van der Waals surface area (Å²) in [5.41, 5.74) is 6.91. The molecule has 0 fully saturated rings. The highest BCUT2D eigenvalue weighted by Gasteiger charge is 2.16. The monoisotopic (exact) mass is 219 g/mol. The minimum Gasteiger partial charge on any atom is -0.468 e. The minimum absolute atomic E-state index is 0.297. The van der Waals surface area contributed by atoms with Crippen LogP contribution < -0.4 is 11.2 Å². The fourth-order valence-corrected chi connectivity index (χ4v) is 0.732. The number of primary amides is 1. The molecule has 8 heteroatoms. The van der Waals surface area contributed by atoms with Crippen LogP contribution >= 0.6 is 0 Å². The van der Waals surface area contributed by atoms with E-state index in [-0.39, 0.29) is 13.1 Å². The summed E-state index contributed by atoms with van der Waals surface area (Å²) in [4.78, 5) is 32.2. The quantitative estimate of drug-likeness (QED) is 0.417. The van der Waals surface area contributed by atoms with Gasteiger partial charge in [0.2, 0.25) is 0 Å². The molecule has 0 aliphatic rings. The Morgan fingerprint density at radius 3 is 1.80 bits per heavy atom. The zero-order valence-electron chi connectivity index (χ0n) is 8.48. The molecule has 0 bridgehead atoms. The number of nitrogens with zero attached hydrogens (tertiary/aromatic N) is 1. The van der Waals surface area contributed by atoms with E-state index in [9.17, 15) is 14.4 Å². The first kappa shape index (κ1) is 13.2. The predicted molar refractivity (Wildman–Crippen MR) is 48.3 cm³/mol. The molecule has 2 amide bonds. The lowest BCUT2D eigenvalue weighted by molar-refractivity contribution is -0.146. The number of rotatable bonds is 5. The summed E-state index contributed by atoms with van der Waals surface area (Å²) < 4.78 is 8.71. The number of carbonyl (C=O) groups is 3. The molecule has 0 saturated heterocycles.